The first-order valence-corrected chi connectivity index (χ1v) is 11.1. The SMILES string of the molecule is O=c1cc(-c2cn(C[C@@H]3CCS(=O)(=O)C3)nn2)c2cccc3c2n1CCC3. The van der Waals surface area contributed by atoms with Crippen LogP contribution in [0.2, 0.25) is 0 Å². The molecule has 1 atom stereocenters. The number of benzene rings is 1. The molecule has 1 saturated heterocycles. The second-order valence-corrected chi connectivity index (χ2v) is 9.79. The number of sulfone groups is 1. The van der Waals surface area contributed by atoms with Crippen molar-refractivity contribution < 1.29 is 8.42 Å². The first-order valence-electron chi connectivity index (χ1n) is 9.26. The van der Waals surface area contributed by atoms with Gasteiger partial charge in [-0.3, -0.25) is 9.48 Å². The molecule has 1 fully saturated rings. The van der Waals surface area contributed by atoms with Gasteiger partial charge in [-0.05, 0) is 30.7 Å². The monoisotopic (exact) mass is 384 g/mol. The molecule has 0 bridgehead atoms. The lowest BCUT2D eigenvalue weighted by molar-refractivity contribution is 0.448. The van der Waals surface area contributed by atoms with Crippen LogP contribution in [0, 0.1) is 5.92 Å². The van der Waals surface area contributed by atoms with Gasteiger partial charge in [-0.25, -0.2) is 8.42 Å². The van der Waals surface area contributed by atoms with E-state index in [1.54, 1.807) is 10.7 Å². The van der Waals surface area contributed by atoms with E-state index in [1.807, 2.05) is 22.9 Å². The van der Waals surface area contributed by atoms with E-state index in [2.05, 4.69) is 16.4 Å². The van der Waals surface area contributed by atoms with E-state index < -0.39 is 9.84 Å². The molecule has 0 amide bonds. The molecule has 3 aromatic rings. The van der Waals surface area contributed by atoms with Crippen molar-refractivity contribution in [1.82, 2.24) is 19.6 Å². The second kappa shape index (κ2) is 6.02. The lowest BCUT2D eigenvalue weighted by Crippen LogP contribution is -2.24. The summed E-state index contributed by atoms with van der Waals surface area (Å²) in [7, 11) is -2.91. The average Bonchev–Trinajstić information content (AvgIpc) is 3.24. The summed E-state index contributed by atoms with van der Waals surface area (Å²) in [4.78, 5) is 12.6. The molecule has 2 aliphatic heterocycles. The molecular formula is C19H20N4O3S. The smallest absolute Gasteiger partial charge is 0.251 e. The van der Waals surface area contributed by atoms with Crippen molar-refractivity contribution in [3.05, 3.63) is 46.4 Å². The normalized spacial score (nSPS) is 21.0. The summed E-state index contributed by atoms with van der Waals surface area (Å²) >= 11 is 0. The van der Waals surface area contributed by atoms with E-state index >= 15 is 0 Å². The Balaban J connectivity index is 1.55. The van der Waals surface area contributed by atoms with Gasteiger partial charge in [-0.1, -0.05) is 23.4 Å². The van der Waals surface area contributed by atoms with Gasteiger partial charge in [0.2, 0.25) is 0 Å². The van der Waals surface area contributed by atoms with Crippen LogP contribution in [0.1, 0.15) is 18.4 Å². The number of rotatable bonds is 3. The molecule has 0 unspecified atom stereocenters. The summed E-state index contributed by atoms with van der Waals surface area (Å²) in [6.07, 6.45) is 4.44. The molecule has 0 radical (unpaired) electrons. The van der Waals surface area contributed by atoms with Gasteiger partial charge < -0.3 is 4.57 Å². The zero-order valence-electron chi connectivity index (χ0n) is 14.8. The fourth-order valence-corrected chi connectivity index (χ4v) is 6.22. The Morgan fingerprint density at radius 3 is 2.96 bits per heavy atom. The summed E-state index contributed by atoms with van der Waals surface area (Å²) in [5.74, 6) is 0.543. The Kier molecular flexibility index (Phi) is 3.72. The number of nitrogens with zero attached hydrogens (tertiary/aromatic N) is 4. The van der Waals surface area contributed by atoms with Crippen molar-refractivity contribution in [2.75, 3.05) is 11.5 Å². The predicted octanol–water partition coefficient (Wildman–Crippen LogP) is 1.64. The van der Waals surface area contributed by atoms with Crippen LogP contribution in [0.5, 0.6) is 0 Å². The molecule has 2 aromatic heterocycles. The lowest BCUT2D eigenvalue weighted by atomic mass is 9.97. The van der Waals surface area contributed by atoms with Crippen LogP contribution in [-0.2, 0) is 29.3 Å². The fourth-order valence-electron chi connectivity index (χ4n) is 4.37. The van der Waals surface area contributed by atoms with Crippen molar-refractivity contribution >= 4 is 20.7 Å². The molecule has 0 spiro atoms. The van der Waals surface area contributed by atoms with Gasteiger partial charge in [0, 0.05) is 30.1 Å². The summed E-state index contributed by atoms with van der Waals surface area (Å²) in [6.45, 7) is 1.28. The molecule has 8 heteroatoms. The van der Waals surface area contributed by atoms with Crippen LogP contribution in [-0.4, -0.2) is 39.5 Å². The van der Waals surface area contributed by atoms with E-state index in [0.29, 0.717) is 18.7 Å². The van der Waals surface area contributed by atoms with Crippen LogP contribution in [0.4, 0.5) is 0 Å². The summed E-state index contributed by atoms with van der Waals surface area (Å²) in [5, 5.41) is 9.47. The van der Waals surface area contributed by atoms with Crippen molar-refractivity contribution in [3.63, 3.8) is 0 Å². The van der Waals surface area contributed by atoms with Gasteiger partial charge in [0.05, 0.1) is 23.2 Å². The van der Waals surface area contributed by atoms with E-state index in [0.717, 1.165) is 35.9 Å². The van der Waals surface area contributed by atoms with Crippen LogP contribution in [0.15, 0.2) is 35.3 Å². The van der Waals surface area contributed by atoms with Crippen LogP contribution in [0.25, 0.3) is 22.2 Å². The standard InChI is InChI=1S/C19H20N4O3S/c24-18-9-16(15-5-1-3-14-4-2-7-23(18)19(14)15)17-11-22(21-20-17)10-13-6-8-27(25,26)12-13/h1,3,5,9,11,13H,2,4,6-8,10,12H2/t13-/m0/s1. The number of pyridine rings is 1. The minimum absolute atomic E-state index is 0.0129. The number of hydrogen-bond donors (Lipinski definition) is 0. The van der Waals surface area contributed by atoms with Gasteiger partial charge in [0.15, 0.2) is 9.84 Å². The maximum Gasteiger partial charge on any atom is 0.251 e. The van der Waals surface area contributed by atoms with Crippen LogP contribution < -0.4 is 5.56 Å². The third kappa shape index (κ3) is 2.88. The highest BCUT2D eigenvalue weighted by Gasteiger charge is 2.28. The Morgan fingerprint density at radius 2 is 2.15 bits per heavy atom. The zero-order valence-corrected chi connectivity index (χ0v) is 15.7. The Morgan fingerprint density at radius 1 is 1.26 bits per heavy atom. The third-order valence-corrected chi connectivity index (χ3v) is 7.46. The first kappa shape index (κ1) is 16.7. The predicted molar refractivity (Wildman–Crippen MR) is 102 cm³/mol. The minimum atomic E-state index is -2.91. The Labute approximate surface area is 156 Å². The first-order chi connectivity index (χ1) is 13.0. The molecule has 1 aromatic carbocycles. The molecule has 4 heterocycles. The second-order valence-electron chi connectivity index (χ2n) is 7.56. The van der Waals surface area contributed by atoms with Gasteiger partial charge in [-0.15, -0.1) is 5.10 Å². The minimum Gasteiger partial charge on any atom is -0.308 e. The summed E-state index contributed by atoms with van der Waals surface area (Å²) in [5.41, 5.74) is 3.63. The number of aryl methyl sites for hydroxylation is 2. The molecule has 140 valence electrons. The van der Waals surface area contributed by atoms with E-state index in [-0.39, 0.29) is 23.0 Å². The number of para-hydroxylation sites is 1. The quantitative estimate of drug-likeness (QED) is 0.685. The molecule has 2 aliphatic rings. The average molecular weight is 384 g/mol. The van der Waals surface area contributed by atoms with Gasteiger partial charge in [0.1, 0.15) is 5.69 Å². The fraction of sp³-hybridized carbons (Fsp3) is 0.421. The van der Waals surface area contributed by atoms with Crippen molar-refractivity contribution in [2.24, 2.45) is 5.92 Å². The third-order valence-electron chi connectivity index (χ3n) is 5.63. The number of aromatic nitrogens is 4. The molecule has 0 N–H and O–H groups in total. The topological polar surface area (TPSA) is 86.8 Å². The Bertz CT molecular complexity index is 1210. The lowest BCUT2D eigenvalue weighted by Gasteiger charge is -2.20. The molecule has 27 heavy (non-hydrogen) atoms. The van der Waals surface area contributed by atoms with Crippen molar-refractivity contribution in [1.29, 1.82) is 0 Å². The molecular weight excluding hydrogens is 364 g/mol. The zero-order chi connectivity index (χ0) is 18.6. The maximum absolute atomic E-state index is 12.6. The largest absolute Gasteiger partial charge is 0.308 e. The highest BCUT2D eigenvalue weighted by atomic mass is 32.2. The van der Waals surface area contributed by atoms with Crippen LogP contribution >= 0.6 is 0 Å². The molecule has 0 saturated carbocycles. The number of hydrogen-bond acceptors (Lipinski definition) is 5. The molecule has 7 nitrogen and oxygen atoms in total. The van der Waals surface area contributed by atoms with E-state index in [4.69, 9.17) is 0 Å². The summed E-state index contributed by atoms with van der Waals surface area (Å²) in [6, 6.07) is 7.78. The van der Waals surface area contributed by atoms with Gasteiger partial charge in [-0.2, -0.15) is 0 Å². The summed E-state index contributed by atoms with van der Waals surface area (Å²) < 4.78 is 26.9. The van der Waals surface area contributed by atoms with E-state index in [1.165, 1.54) is 5.56 Å². The highest BCUT2D eigenvalue weighted by Crippen LogP contribution is 2.30. The van der Waals surface area contributed by atoms with Crippen LogP contribution in [0.3, 0.4) is 0 Å². The van der Waals surface area contributed by atoms with Crippen molar-refractivity contribution in [3.8, 4) is 11.3 Å². The van der Waals surface area contributed by atoms with Crippen molar-refractivity contribution in [2.45, 2.75) is 32.4 Å². The van der Waals surface area contributed by atoms with Gasteiger partial charge >= 0.3 is 0 Å². The maximum atomic E-state index is 12.6. The van der Waals surface area contributed by atoms with Gasteiger partial charge in [0.25, 0.3) is 5.56 Å². The molecule has 0 aliphatic carbocycles. The Hall–Kier alpha value is -2.48. The molecule has 5 rings (SSSR count). The van der Waals surface area contributed by atoms with E-state index in [9.17, 15) is 13.2 Å². The highest BCUT2D eigenvalue weighted by molar-refractivity contribution is 7.91.